The predicted molar refractivity (Wildman–Crippen MR) is 56.2 cm³/mol. The Morgan fingerprint density at radius 3 is 2.92 bits per heavy atom. The average molecular weight is 249 g/mol. The Bertz CT molecular complexity index is 153. The molecule has 1 atom stereocenters. The summed E-state index contributed by atoms with van der Waals surface area (Å²) in [5.41, 5.74) is 0. The van der Waals surface area contributed by atoms with E-state index in [1.54, 1.807) is 0 Å². The van der Waals surface area contributed by atoms with Crippen LogP contribution in [-0.2, 0) is 9.53 Å². The van der Waals surface area contributed by atoms with Crippen LogP contribution >= 0.6 is 15.9 Å². The molecule has 1 saturated heterocycles. The van der Waals surface area contributed by atoms with Crippen LogP contribution in [0.25, 0.3) is 0 Å². The van der Waals surface area contributed by atoms with Gasteiger partial charge in [0, 0.05) is 24.8 Å². The molecule has 1 heterocycles. The molecule has 13 heavy (non-hydrogen) atoms. The fraction of sp³-hybridized carbons (Fsp3) is 0.900. The third kappa shape index (κ3) is 4.77. The molecular formula is C10H17BrO2. The first-order valence-electron chi connectivity index (χ1n) is 5.02. The number of hydrogen-bond acceptors (Lipinski definition) is 2. The number of Topliss-reactive ketones (excluding diaryl/α,β-unsaturated/α-hetero) is 1. The molecule has 76 valence electrons. The molecule has 0 aromatic rings. The highest BCUT2D eigenvalue weighted by molar-refractivity contribution is 9.09. The van der Waals surface area contributed by atoms with E-state index in [-0.39, 0.29) is 0 Å². The van der Waals surface area contributed by atoms with Crippen molar-refractivity contribution in [1.29, 1.82) is 0 Å². The van der Waals surface area contributed by atoms with Crippen molar-refractivity contribution in [3.63, 3.8) is 0 Å². The summed E-state index contributed by atoms with van der Waals surface area (Å²) in [4.78, 5) is 11.3. The molecule has 0 bridgehead atoms. The summed E-state index contributed by atoms with van der Waals surface area (Å²) in [6, 6.07) is 0. The lowest BCUT2D eigenvalue weighted by molar-refractivity contribution is -0.119. The molecule has 1 rings (SSSR count). The Hall–Kier alpha value is 0.110. The highest BCUT2D eigenvalue weighted by Crippen LogP contribution is 2.17. The lowest BCUT2D eigenvalue weighted by Gasteiger charge is -2.07. The quantitative estimate of drug-likeness (QED) is 0.676. The van der Waals surface area contributed by atoms with Gasteiger partial charge >= 0.3 is 0 Å². The first-order chi connectivity index (χ1) is 6.33. The van der Waals surface area contributed by atoms with Crippen LogP contribution in [0.3, 0.4) is 0 Å². The number of carbonyl (C=O) groups excluding carboxylic acids is 1. The zero-order valence-electron chi connectivity index (χ0n) is 7.93. The van der Waals surface area contributed by atoms with Crippen molar-refractivity contribution in [2.45, 2.75) is 44.6 Å². The van der Waals surface area contributed by atoms with Crippen LogP contribution in [0, 0.1) is 0 Å². The first kappa shape index (κ1) is 11.2. The maximum Gasteiger partial charge on any atom is 0.133 e. The number of rotatable bonds is 6. The van der Waals surface area contributed by atoms with E-state index in [0.29, 0.717) is 18.3 Å². The molecule has 0 N–H and O–H groups in total. The van der Waals surface area contributed by atoms with Gasteiger partial charge in [0.15, 0.2) is 0 Å². The Morgan fingerprint density at radius 2 is 2.31 bits per heavy atom. The lowest BCUT2D eigenvalue weighted by Crippen LogP contribution is -2.08. The SMILES string of the molecule is O=C(CCCBr)CCC1CCCO1. The van der Waals surface area contributed by atoms with Crippen molar-refractivity contribution < 1.29 is 9.53 Å². The molecule has 0 saturated carbocycles. The van der Waals surface area contributed by atoms with E-state index in [1.807, 2.05) is 0 Å². The van der Waals surface area contributed by atoms with Gasteiger partial charge in [-0.1, -0.05) is 15.9 Å². The van der Waals surface area contributed by atoms with Crippen LogP contribution in [0.4, 0.5) is 0 Å². The van der Waals surface area contributed by atoms with Crippen LogP contribution in [0.15, 0.2) is 0 Å². The van der Waals surface area contributed by atoms with Gasteiger partial charge in [-0.2, -0.15) is 0 Å². The molecule has 1 aliphatic rings. The van der Waals surface area contributed by atoms with Crippen molar-refractivity contribution in [2.75, 3.05) is 11.9 Å². The van der Waals surface area contributed by atoms with Crippen molar-refractivity contribution >= 4 is 21.7 Å². The van der Waals surface area contributed by atoms with Crippen molar-refractivity contribution in [1.82, 2.24) is 0 Å². The monoisotopic (exact) mass is 248 g/mol. The number of ether oxygens (including phenoxy) is 1. The number of carbonyl (C=O) groups is 1. The minimum absolute atomic E-state index is 0.368. The second-order valence-electron chi connectivity index (χ2n) is 3.50. The predicted octanol–water partition coefficient (Wildman–Crippen LogP) is 2.69. The summed E-state index contributed by atoms with van der Waals surface area (Å²) in [7, 11) is 0. The van der Waals surface area contributed by atoms with Gasteiger partial charge in [-0.3, -0.25) is 4.79 Å². The summed E-state index contributed by atoms with van der Waals surface area (Å²) >= 11 is 3.32. The van der Waals surface area contributed by atoms with Crippen molar-refractivity contribution in [2.24, 2.45) is 0 Å². The molecule has 2 nitrogen and oxygen atoms in total. The summed E-state index contributed by atoms with van der Waals surface area (Å²) in [5, 5.41) is 0.929. The van der Waals surface area contributed by atoms with Gasteiger partial charge in [-0.25, -0.2) is 0 Å². The summed E-state index contributed by atoms with van der Waals surface area (Å²) in [5.74, 6) is 0.384. The molecule has 0 aromatic carbocycles. The molecule has 1 fully saturated rings. The molecular weight excluding hydrogens is 232 g/mol. The van der Waals surface area contributed by atoms with E-state index in [2.05, 4.69) is 15.9 Å². The van der Waals surface area contributed by atoms with E-state index in [4.69, 9.17) is 4.74 Å². The second kappa shape index (κ2) is 6.55. The van der Waals surface area contributed by atoms with Crippen LogP contribution in [0.1, 0.15) is 38.5 Å². The Balaban J connectivity index is 2.00. The highest BCUT2D eigenvalue weighted by atomic mass is 79.9. The van der Waals surface area contributed by atoms with Crippen LogP contribution < -0.4 is 0 Å². The van der Waals surface area contributed by atoms with Crippen molar-refractivity contribution in [3.05, 3.63) is 0 Å². The normalized spacial score (nSPS) is 22.1. The van der Waals surface area contributed by atoms with Crippen molar-refractivity contribution in [3.8, 4) is 0 Å². The Labute approximate surface area is 88.2 Å². The van der Waals surface area contributed by atoms with Crippen LogP contribution in [0.2, 0.25) is 0 Å². The molecule has 0 radical (unpaired) electrons. The number of ketones is 1. The molecule has 3 heteroatoms. The highest BCUT2D eigenvalue weighted by Gasteiger charge is 2.16. The van der Waals surface area contributed by atoms with Gasteiger partial charge in [-0.15, -0.1) is 0 Å². The molecule has 1 unspecified atom stereocenters. The first-order valence-corrected chi connectivity index (χ1v) is 6.14. The van der Waals surface area contributed by atoms with Gasteiger partial charge in [0.05, 0.1) is 6.10 Å². The molecule has 0 spiro atoms. The standard InChI is InChI=1S/C10H17BrO2/c11-7-1-3-9(12)5-6-10-4-2-8-13-10/h10H,1-8H2. The average Bonchev–Trinajstić information content (AvgIpc) is 2.64. The lowest BCUT2D eigenvalue weighted by atomic mass is 10.1. The Morgan fingerprint density at radius 1 is 1.46 bits per heavy atom. The van der Waals surface area contributed by atoms with Gasteiger partial charge in [-0.05, 0) is 25.7 Å². The fourth-order valence-corrected chi connectivity index (χ4v) is 1.86. The summed E-state index contributed by atoms with van der Waals surface area (Å²) in [6.45, 7) is 0.889. The Kier molecular flexibility index (Phi) is 5.63. The van der Waals surface area contributed by atoms with E-state index in [9.17, 15) is 4.79 Å². The molecule has 0 amide bonds. The number of hydrogen-bond donors (Lipinski definition) is 0. The van der Waals surface area contributed by atoms with E-state index >= 15 is 0 Å². The van der Waals surface area contributed by atoms with Gasteiger partial charge in [0.25, 0.3) is 0 Å². The zero-order chi connectivity index (χ0) is 9.52. The van der Waals surface area contributed by atoms with Crippen LogP contribution in [0.5, 0.6) is 0 Å². The molecule has 0 aromatic heterocycles. The van der Waals surface area contributed by atoms with Gasteiger partial charge in [0.1, 0.15) is 5.78 Å². The summed E-state index contributed by atoms with van der Waals surface area (Å²) in [6.07, 6.45) is 6.00. The van der Waals surface area contributed by atoms with E-state index in [1.165, 1.54) is 6.42 Å². The second-order valence-corrected chi connectivity index (χ2v) is 4.30. The topological polar surface area (TPSA) is 26.3 Å². The van der Waals surface area contributed by atoms with Gasteiger partial charge < -0.3 is 4.74 Å². The van der Waals surface area contributed by atoms with Crippen LogP contribution in [-0.4, -0.2) is 23.8 Å². The smallest absolute Gasteiger partial charge is 0.133 e. The molecule has 1 aliphatic heterocycles. The largest absolute Gasteiger partial charge is 0.378 e. The third-order valence-corrected chi connectivity index (χ3v) is 2.92. The minimum atomic E-state index is 0.368. The van der Waals surface area contributed by atoms with E-state index < -0.39 is 0 Å². The maximum absolute atomic E-state index is 11.3. The zero-order valence-corrected chi connectivity index (χ0v) is 9.51. The van der Waals surface area contributed by atoms with E-state index in [0.717, 1.165) is 37.6 Å². The summed E-state index contributed by atoms with van der Waals surface area (Å²) < 4.78 is 5.45. The number of halogens is 1. The van der Waals surface area contributed by atoms with Gasteiger partial charge in [0.2, 0.25) is 0 Å². The molecule has 0 aliphatic carbocycles. The number of alkyl halides is 1. The third-order valence-electron chi connectivity index (χ3n) is 2.36. The maximum atomic E-state index is 11.3. The minimum Gasteiger partial charge on any atom is -0.378 e. The fourth-order valence-electron chi connectivity index (χ4n) is 1.58.